The fourth-order valence-electron chi connectivity index (χ4n) is 5.30. The topological polar surface area (TPSA) is 128 Å². The Morgan fingerprint density at radius 2 is 2.07 bits per heavy atom. The van der Waals surface area contributed by atoms with E-state index < -0.39 is 29.3 Å². The number of piperazine rings is 1. The van der Waals surface area contributed by atoms with E-state index >= 15 is 0 Å². The van der Waals surface area contributed by atoms with Crippen molar-refractivity contribution in [1.82, 2.24) is 25.0 Å². The lowest BCUT2D eigenvalue weighted by Gasteiger charge is -2.38. The summed E-state index contributed by atoms with van der Waals surface area (Å²) in [5.41, 5.74) is -0.312. The molecule has 3 aliphatic rings. The number of thiazole rings is 1. The molecule has 2 unspecified atom stereocenters. The summed E-state index contributed by atoms with van der Waals surface area (Å²) in [4.78, 5) is 52.6. The van der Waals surface area contributed by atoms with Crippen molar-refractivity contribution in [2.24, 2.45) is 4.99 Å². The molecular formula is C27H30ClFN6O5S. The number of halogens is 2. The number of esters is 1. The molecule has 2 aromatic rings. The Hall–Kier alpha value is -3.55. The molecule has 11 nitrogen and oxygen atoms in total. The highest BCUT2D eigenvalue weighted by Gasteiger charge is 2.49. The fraction of sp³-hybridized carbons (Fsp3) is 0.444. The number of nitrogens with zero attached hydrogens (tertiary/aromatic N) is 5. The van der Waals surface area contributed by atoms with Gasteiger partial charge in [0.25, 0.3) is 0 Å². The maximum atomic E-state index is 14.6. The number of amides is 2. The van der Waals surface area contributed by atoms with Gasteiger partial charge in [-0.3, -0.25) is 9.89 Å². The van der Waals surface area contributed by atoms with Gasteiger partial charge < -0.3 is 25.0 Å². The average molecular weight is 605 g/mol. The van der Waals surface area contributed by atoms with Gasteiger partial charge in [-0.25, -0.2) is 23.8 Å². The molecule has 2 atom stereocenters. The molecule has 4 heterocycles. The number of amidine groups is 1. The van der Waals surface area contributed by atoms with Crippen LogP contribution in [0.3, 0.4) is 0 Å². The maximum Gasteiger partial charge on any atom is 0.338 e. The highest BCUT2D eigenvalue weighted by atomic mass is 35.5. The predicted octanol–water partition coefficient (Wildman–Crippen LogP) is 3.13. The number of urea groups is 1. The number of nitrogens with one attached hydrogen (secondary N) is 1. The van der Waals surface area contributed by atoms with E-state index in [1.54, 1.807) is 29.5 Å². The van der Waals surface area contributed by atoms with E-state index in [-0.39, 0.29) is 42.4 Å². The molecule has 0 radical (unpaired) electrons. The summed E-state index contributed by atoms with van der Waals surface area (Å²) in [6.07, 6.45) is 1.64. The third-order valence-corrected chi connectivity index (χ3v) is 8.73. The molecular weight excluding hydrogens is 575 g/mol. The standard InChI is InChI=1S/C27H30ClFN6O5S/c1-4-40-24(36)19-18(14-33-9-10-34-15(12-33)13-35(26(34)39)27(2,3)25(37)38)31-22(23-30-8-11-41-23)32-21(19)16-6-5-7-17(29)20(16)28/h5-8,11,15,21H,4,9-10,12-14H2,1-3H3,(H,31,32)(H,37,38). The highest BCUT2D eigenvalue weighted by Crippen LogP contribution is 2.38. The Morgan fingerprint density at radius 1 is 1.29 bits per heavy atom. The van der Waals surface area contributed by atoms with Crippen molar-refractivity contribution in [1.29, 1.82) is 0 Å². The number of ether oxygens (including phenoxy) is 1. The van der Waals surface area contributed by atoms with Gasteiger partial charge in [-0.1, -0.05) is 23.7 Å². The summed E-state index contributed by atoms with van der Waals surface area (Å²) in [7, 11) is 0. The normalized spacial score (nSPS) is 21.5. The minimum Gasteiger partial charge on any atom is -0.480 e. The van der Waals surface area contributed by atoms with Crippen LogP contribution in [0.2, 0.25) is 5.02 Å². The zero-order valence-electron chi connectivity index (χ0n) is 22.8. The third-order valence-electron chi connectivity index (χ3n) is 7.55. The number of carbonyl (C=O) groups excluding carboxylic acids is 2. The van der Waals surface area contributed by atoms with Crippen molar-refractivity contribution in [2.45, 2.75) is 38.4 Å². The lowest BCUT2D eigenvalue weighted by Crippen LogP contribution is -2.54. The molecule has 2 N–H and O–H groups in total. The summed E-state index contributed by atoms with van der Waals surface area (Å²) >= 11 is 7.74. The highest BCUT2D eigenvalue weighted by molar-refractivity contribution is 7.11. The Bertz CT molecular complexity index is 1430. The summed E-state index contributed by atoms with van der Waals surface area (Å²) in [6.45, 7) is 6.72. The number of aromatic nitrogens is 1. The first-order valence-electron chi connectivity index (χ1n) is 13.2. The van der Waals surface area contributed by atoms with Gasteiger partial charge in [-0.2, -0.15) is 0 Å². The van der Waals surface area contributed by atoms with Crippen LogP contribution < -0.4 is 5.32 Å². The largest absolute Gasteiger partial charge is 0.480 e. The van der Waals surface area contributed by atoms with Crippen LogP contribution in [0.5, 0.6) is 0 Å². The summed E-state index contributed by atoms with van der Waals surface area (Å²) in [6, 6.07) is 2.90. The number of rotatable bonds is 8. The molecule has 0 saturated carbocycles. The van der Waals surface area contributed by atoms with Crippen molar-refractivity contribution >= 4 is 46.7 Å². The second-order valence-electron chi connectivity index (χ2n) is 10.4. The molecule has 2 fully saturated rings. The number of benzene rings is 1. The van der Waals surface area contributed by atoms with E-state index in [1.807, 2.05) is 0 Å². The maximum absolute atomic E-state index is 14.6. The zero-order valence-corrected chi connectivity index (χ0v) is 24.3. The number of fused-ring (bicyclic) bond motifs is 1. The van der Waals surface area contributed by atoms with Crippen molar-refractivity contribution in [3.63, 3.8) is 0 Å². The number of carboxylic acids is 1. The minimum atomic E-state index is -1.35. The van der Waals surface area contributed by atoms with Gasteiger partial charge in [0.2, 0.25) is 0 Å². The van der Waals surface area contributed by atoms with Gasteiger partial charge in [0.1, 0.15) is 17.4 Å². The molecule has 0 spiro atoms. The number of carbonyl (C=O) groups is 3. The van der Waals surface area contributed by atoms with E-state index in [1.165, 1.54) is 42.2 Å². The van der Waals surface area contributed by atoms with E-state index in [9.17, 15) is 23.9 Å². The van der Waals surface area contributed by atoms with Gasteiger partial charge >= 0.3 is 18.0 Å². The van der Waals surface area contributed by atoms with E-state index in [4.69, 9.17) is 21.3 Å². The quantitative estimate of drug-likeness (QED) is 0.440. The van der Waals surface area contributed by atoms with Gasteiger partial charge in [-0.05, 0) is 26.8 Å². The Morgan fingerprint density at radius 3 is 2.76 bits per heavy atom. The number of hydrogen-bond donors (Lipinski definition) is 2. The smallest absolute Gasteiger partial charge is 0.338 e. The second-order valence-corrected chi connectivity index (χ2v) is 11.7. The van der Waals surface area contributed by atoms with Crippen LogP contribution in [0, 0.1) is 5.82 Å². The van der Waals surface area contributed by atoms with Crippen LogP contribution in [-0.2, 0) is 14.3 Å². The number of aliphatic imine (C=N–C) groups is 1. The first-order valence-corrected chi connectivity index (χ1v) is 14.4. The molecule has 2 amide bonds. The van der Waals surface area contributed by atoms with Gasteiger partial charge in [0.15, 0.2) is 10.8 Å². The Labute approximate surface area is 245 Å². The summed E-state index contributed by atoms with van der Waals surface area (Å²) < 4.78 is 20.0. The number of aliphatic carboxylic acids is 1. The van der Waals surface area contributed by atoms with Gasteiger partial charge in [0.05, 0.1) is 23.2 Å². The van der Waals surface area contributed by atoms with Crippen molar-refractivity contribution in [2.75, 3.05) is 39.3 Å². The summed E-state index contributed by atoms with van der Waals surface area (Å²) in [5, 5.41) is 15.2. The first-order chi connectivity index (χ1) is 19.5. The van der Waals surface area contributed by atoms with Gasteiger partial charge in [-0.15, -0.1) is 11.3 Å². The van der Waals surface area contributed by atoms with E-state index in [2.05, 4.69) is 15.2 Å². The summed E-state index contributed by atoms with van der Waals surface area (Å²) in [5.74, 6) is -1.90. The molecule has 218 valence electrons. The van der Waals surface area contributed by atoms with Crippen molar-refractivity contribution in [3.05, 3.63) is 62.5 Å². The van der Waals surface area contributed by atoms with Crippen LogP contribution in [0.15, 0.2) is 46.0 Å². The average Bonchev–Trinajstić information content (AvgIpc) is 3.58. The predicted molar refractivity (Wildman–Crippen MR) is 150 cm³/mol. The monoisotopic (exact) mass is 604 g/mol. The third kappa shape index (κ3) is 5.41. The molecule has 41 heavy (non-hydrogen) atoms. The number of hydrogen-bond acceptors (Lipinski definition) is 9. The molecule has 2 saturated heterocycles. The second kappa shape index (κ2) is 11.4. The fourth-order valence-corrected chi connectivity index (χ4v) is 6.11. The molecule has 14 heteroatoms. The van der Waals surface area contributed by atoms with Crippen molar-refractivity contribution in [3.8, 4) is 0 Å². The molecule has 1 aromatic carbocycles. The lowest BCUT2D eigenvalue weighted by atomic mass is 9.95. The lowest BCUT2D eigenvalue weighted by molar-refractivity contribution is -0.147. The Kier molecular flexibility index (Phi) is 8.04. The van der Waals surface area contributed by atoms with Crippen molar-refractivity contribution < 1.29 is 28.6 Å². The molecule has 1 aromatic heterocycles. The van der Waals surface area contributed by atoms with Crippen LogP contribution in [0.4, 0.5) is 9.18 Å². The Balaban J connectivity index is 1.49. The van der Waals surface area contributed by atoms with Gasteiger partial charge in [0, 0.05) is 55.6 Å². The van der Waals surface area contributed by atoms with Crippen LogP contribution in [0.1, 0.15) is 37.4 Å². The number of carboxylic acid groups (broad SMARTS) is 1. The molecule has 5 rings (SSSR count). The minimum absolute atomic E-state index is 0.125. The molecule has 0 aliphatic carbocycles. The van der Waals surface area contributed by atoms with Crippen LogP contribution >= 0.6 is 22.9 Å². The zero-order chi connectivity index (χ0) is 29.5. The van der Waals surface area contributed by atoms with E-state index in [0.717, 1.165) is 0 Å². The molecule has 0 bridgehead atoms. The van der Waals surface area contributed by atoms with Crippen LogP contribution in [0.25, 0.3) is 0 Å². The SMILES string of the molecule is CCOC(=O)C1=C(CN2CCN3C(=O)N(C(C)(C)C(=O)O)CC3C2)NC(c2nccs2)=NC1c1cccc(F)c1Cl. The van der Waals surface area contributed by atoms with Crippen LogP contribution in [-0.4, -0.2) is 99.5 Å². The molecule has 3 aliphatic heterocycles. The van der Waals surface area contributed by atoms with E-state index in [0.29, 0.717) is 41.7 Å². The first kappa shape index (κ1) is 29.0.